The first-order chi connectivity index (χ1) is 21.8. The molecule has 14 N–H and O–H groups in total. The summed E-state index contributed by atoms with van der Waals surface area (Å²) in [6.07, 6.45) is -1.08. The van der Waals surface area contributed by atoms with E-state index in [1.807, 2.05) is 0 Å². The van der Waals surface area contributed by atoms with Crippen LogP contribution in [0.15, 0.2) is 0 Å². The number of nitrogens with two attached hydrogens (primary N) is 5. The quantitative estimate of drug-likeness (QED) is 0.0710. The Morgan fingerprint density at radius 3 is 1.76 bits per heavy atom. The molecule has 0 amide bonds. The average molecular weight is 684 g/mol. The molecule has 3 fully saturated rings. The smallest absolute Gasteiger partial charge is 0.186 e. The number of unbranched alkanes of at least 4 members (excludes halogenated alkanes) is 9. The number of rotatable bonds is 18. The van der Waals surface area contributed by atoms with E-state index in [0.29, 0.717) is 6.42 Å². The zero-order valence-electron chi connectivity index (χ0n) is 27.2. The second-order valence-corrected chi connectivity index (χ2v) is 15.6. The molecule has 0 spiro atoms. The number of aliphatic hydroxyl groups is 4. The van der Waals surface area contributed by atoms with Gasteiger partial charge in [-0.05, 0) is 19.3 Å². The maximum atomic E-state index is 13.0. The molecule has 1 aliphatic carbocycles. The Morgan fingerprint density at radius 2 is 1.20 bits per heavy atom. The van der Waals surface area contributed by atoms with Crippen LogP contribution in [0.2, 0.25) is 0 Å². The van der Waals surface area contributed by atoms with Gasteiger partial charge in [0.25, 0.3) is 0 Å². The molecule has 0 aromatic heterocycles. The van der Waals surface area contributed by atoms with Crippen molar-refractivity contribution >= 4 is 9.84 Å². The molecule has 0 radical (unpaired) electrons. The third kappa shape index (κ3) is 11.2. The summed E-state index contributed by atoms with van der Waals surface area (Å²) in [5, 5.41) is 42.9. The number of sulfone groups is 1. The van der Waals surface area contributed by atoms with Crippen molar-refractivity contribution in [2.24, 2.45) is 28.7 Å². The van der Waals surface area contributed by atoms with Gasteiger partial charge in [0.05, 0.1) is 41.9 Å². The molecule has 15 nitrogen and oxygen atoms in total. The van der Waals surface area contributed by atoms with Crippen molar-refractivity contribution in [2.45, 2.75) is 170 Å². The van der Waals surface area contributed by atoms with Gasteiger partial charge in [0, 0.05) is 18.6 Å². The highest BCUT2D eigenvalue weighted by Crippen LogP contribution is 2.31. The third-order valence-corrected chi connectivity index (χ3v) is 11.2. The molecule has 0 bridgehead atoms. The van der Waals surface area contributed by atoms with Crippen LogP contribution in [-0.2, 0) is 28.8 Å². The summed E-state index contributed by atoms with van der Waals surface area (Å²) in [5.41, 5.74) is 30.4. The van der Waals surface area contributed by atoms with Crippen LogP contribution in [0.5, 0.6) is 0 Å². The molecular formula is C30H61N5O10S. The standard InChI is InChI=1S/C30H61N5O10S/c1-2-3-4-5-6-7-8-9-10-11-12-46(40,41)16-22-24(37)23(35)25(38)30(43-22)45-28-18(33)13-17(32)27(26(28)39)44-29-19(34)14-20(36)21(15-31)42-29/h17-30,36-39H,2-16,31-35H2,1H3/t17-,18+,19+,20-,21+,22+,23-,24+,25+,26-,27+,28-,29+,30+/m0/s1. The molecule has 2 saturated heterocycles. The van der Waals surface area contributed by atoms with E-state index in [0.717, 1.165) is 25.7 Å². The minimum atomic E-state index is -3.63. The summed E-state index contributed by atoms with van der Waals surface area (Å²) >= 11 is 0. The number of aliphatic hydroxyl groups excluding tert-OH is 4. The van der Waals surface area contributed by atoms with Gasteiger partial charge in [0.1, 0.15) is 30.5 Å². The van der Waals surface area contributed by atoms with Crippen LogP contribution in [0.1, 0.15) is 84.0 Å². The van der Waals surface area contributed by atoms with E-state index in [2.05, 4.69) is 6.92 Å². The molecule has 14 atom stereocenters. The Balaban J connectivity index is 1.55. The molecule has 1 saturated carbocycles. The van der Waals surface area contributed by atoms with Crippen molar-refractivity contribution < 1.29 is 47.8 Å². The molecule has 0 aromatic carbocycles. The number of ether oxygens (including phenoxy) is 4. The van der Waals surface area contributed by atoms with E-state index in [1.54, 1.807) is 0 Å². The maximum absolute atomic E-state index is 13.0. The van der Waals surface area contributed by atoms with Crippen LogP contribution < -0.4 is 28.7 Å². The van der Waals surface area contributed by atoms with Crippen LogP contribution in [0, 0.1) is 0 Å². The summed E-state index contributed by atoms with van der Waals surface area (Å²) in [5.74, 6) is -0.567. The predicted octanol–water partition coefficient (Wildman–Crippen LogP) is -1.95. The lowest BCUT2D eigenvalue weighted by atomic mass is 9.84. The van der Waals surface area contributed by atoms with Crippen molar-refractivity contribution in [2.75, 3.05) is 18.1 Å². The van der Waals surface area contributed by atoms with Crippen molar-refractivity contribution in [3.8, 4) is 0 Å². The van der Waals surface area contributed by atoms with E-state index in [9.17, 15) is 28.8 Å². The Labute approximate surface area is 273 Å². The van der Waals surface area contributed by atoms with Gasteiger partial charge in [0.2, 0.25) is 0 Å². The summed E-state index contributed by atoms with van der Waals surface area (Å²) in [7, 11) is -3.63. The lowest BCUT2D eigenvalue weighted by Crippen LogP contribution is -2.68. The second kappa shape index (κ2) is 19.0. The van der Waals surface area contributed by atoms with Gasteiger partial charge in [-0.25, -0.2) is 8.42 Å². The van der Waals surface area contributed by atoms with Crippen LogP contribution in [0.25, 0.3) is 0 Å². The minimum absolute atomic E-state index is 0.0305. The summed E-state index contributed by atoms with van der Waals surface area (Å²) in [6, 6.07) is -3.57. The third-order valence-electron chi connectivity index (χ3n) is 9.46. The fraction of sp³-hybridized carbons (Fsp3) is 1.00. The van der Waals surface area contributed by atoms with Gasteiger partial charge in [-0.2, -0.15) is 0 Å². The van der Waals surface area contributed by atoms with Crippen LogP contribution >= 0.6 is 0 Å². The summed E-state index contributed by atoms with van der Waals surface area (Å²) in [4.78, 5) is 0. The van der Waals surface area contributed by atoms with Gasteiger partial charge in [-0.3, -0.25) is 0 Å². The van der Waals surface area contributed by atoms with Crippen LogP contribution in [0.3, 0.4) is 0 Å². The second-order valence-electron chi connectivity index (χ2n) is 13.4. The van der Waals surface area contributed by atoms with E-state index in [-0.39, 0.29) is 25.1 Å². The molecule has 2 aliphatic heterocycles. The first-order valence-electron chi connectivity index (χ1n) is 17.1. The summed E-state index contributed by atoms with van der Waals surface area (Å²) < 4.78 is 49.3. The molecule has 3 aliphatic rings. The van der Waals surface area contributed by atoms with Crippen molar-refractivity contribution in [3.05, 3.63) is 0 Å². The topological polar surface area (TPSA) is 282 Å². The molecule has 0 aromatic rings. The maximum Gasteiger partial charge on any atom is 0.186 e. The van der Waals surface area contributed by atoms with E-state index < -0.39 is 101 Å². The summed E-state index contributed by atoms with van der Waals surface area (Å²) in [6.45, 7) is 2.22. The molecule has 3 rings (SSSR count). The molecule has 0 unspecified atom stereocenters. The Morgan fingerprint density at radius 1 is 0.674 bits per heavy atom. The first-order valence-corrected chi connectivity index (χ1v) is 18.9. The zero-order valence-corrected chi connectivity index (χ0v) is 28.0. The van der Waals surface area contributed by atoms with Gasteiger partial charge >= 0.3 is 0 Å². The van der Waals surface area contributed by atoms with Crippen LogP contribution in [-0.4, -0.2) is 132 Å². The van der Waals surface area contributed by atoms with E-state index in [1.165, 1.54) is 32.1 Å². The highest BCUT2D eigenvalue weighted by molar-refractivity contribution is 7.91. The number of hydrogen-bond donors (Lipinski definition) is 9. The molecule has 2 heterocycles. The first kappa shape index (κ1) is 39.9. The highest BCUT2D eigenvalue weighted by Gasteiger charge is 2.50. The Kier molecular flexibility index (Phi) is 16.5. The molecule has 272 valence electrons. The van der Waals surface area contributed by atoms with Gasteiger partial charge in [-0.1, -0.05) is 64.7 Å². The SMILES string of the molecule is CCCCCCCCCCCCS(=O)(=O)C[C@H]1O[C@H](O[C@@H]2[C@@H](O)[C@H](O[C@H]3O[C@H](CN)[C@@H](O)C[C@H]3N)[C@@H](N)C[C@H]2N)[C@H](O)[C@@H](N)[C@@H]1O. The van der Waals surface area contributed by atoms with Crippen molar-refractivity contribution in [3.63, 3.8) is 0 Å². The minimum Gasteiger partial charge on any atom is -0.390 e. The van der Waals surface area contributed by atoms with E-state index in [4.69, 9.17) is 47.6 Å². The lowest BCUT2D eigenvalue weighted by molar-refractivity contribution is -0.310. The van der Waals surface area contributed by atoms with E-state index >= 15 is 0 Å². The molecular weight excluding hydrogens is 622 g/mol. The Hall–Kier alpha value is -0.570. The normalized spacial score (nSPS) is 40.7. The van der Waals surface area contributed by atoms with Gasteiger partial charge in [0.15, 0.2) is 22.4 Å². The fourth-order valence-corrected chi connectivity index (χ4v) is 8.14. The lowest BCUT2D eigenvalue weighted by Gasteiger charge is -2.48. The molecule has 46 heavy (non-hydrogen) atoms. The van der Waals surface area contributed by atoms with Gasteiger partial charge < -0.3 is 68.0 Å². The van der Waals surface area contributed by atoms with Gasteiger partial charge in [-0.15, -0.1) is 0 Å². The zero-order chi connectivity index (χ0) is 34.0. The van der Waals surface area contributed by atoms with Crippen LogP contribution in [0.4, 0.5) is 0 Å². The largest absolute Gasteiger partial charge is 0.390 e. The fourth-order valence-electron chi connectivity index (χ4n) is 6.56. The monoisotopic (exact) mass is 683 g/mol. The average Bonchev–Trinajstić information content (AvgIpc) is 3.00. The Bertz CT molecular complexity index is 986. The predicted molar refractivity (Wildman–Crippen MR) is 172 cm³/mol. The van der Waals surface area contributed by atoms with Crippen molar-refractivity contribution in [1.82, 2.24) is 0 Å². The number of hydrogen-bond acceptors (Lipinski definition) is 15. The highest BCUT2D eigenvalue weighted by atomic mass is 32.2. The molecule has 16 heteroatoms. The van der Waals surface area contributed by atoms with Crippen molar-refractivity contribution in [1.29, 1.82) is 0 Å².